The molecule has 0 saturated carbocycles. The summed E-state index contributed by atoms with van der Waals surface area (Å²) >= 11 is 1.12. The number of rotatable bonds is 5. The van der Waals surface area contributed by atoms with Crippen molar-refractivity contribution in [2.24, 2.45) is 5.41 Å². The average Bonchev–Trinajstić information content (AvgIpc) is 2.94. The van der Waals surface area contributed by atoms with Gasteiger partial charge in [-0.1, -0.05) is 25.6 Å². The van der Waals surface area contributed by atoms with Gasteiger partial charge in [-0.3, -0.25) is 4.79 Å². The molecule has 0 aliphatic carbocycles. The van der Waals surface area contributed by atoms with Crippen molar-refractivity contribution in [3.63, 3.8) is 0 Å². The van der Waals surface area contributed by atoms with Crippen LogP contribution in [-0.4, -0.2) is 60.2 Å². The predicted molar refractivity (Wildman–Crippen MR) is 87.1 cm³/mol. The molecule has 2 heterocycles. The van der Waals surface area contributed by atoms with E-state index in [-0.39, 0.29) is 16.9 Å². The van der Waals surface area contributed by atoms with Gasteiger partial charge in [0.1, 0.15) is 5.88 Å². The fourth-order valence-electron chi connectivity index (χ4n) is 2.01. The third-order valence-corrected chi connectivity index (χ3v) is 4.91. The molecule has 1 aliphatic heterocycles. The van der Waals surface area contributed by atoms with Crippen LogP contribution in [-0.2, 0) is 9.59 Å². The third kappa shape index (κ3) is 4.93. The summed E-state index contributed by atoms with van der Waals surface area (Å²) in [5.74, 6) is 0.236. The summed E-state index contributed by atoms with van der Waals surface area (Å²) in [7, 11) is 2.07. The largest absolute Gasteiger partial charge is 0.588 e. The molecule has 0 N–H and O–H groups in total. The minimum Gasteiger partial charge on any atom is -0.588 e. The minimum atomic E-state index is -0.734. The van der Waals surface area contributed by atoms with Crippen LogP contribution in [0.4, 0.5) is 5.88 Å². The molecule has 0 aromatic carbocycles. The molecule has 0 spiro atoms. The number of hydrogen-bond acceptors (Lipinski definition) is 7. The number of amides is 1. The molecule has 23 heavy (non-hydrogen) atoms. The second-order valence-electron chi connectivity index (χ2n) is 6.30. The SMILES string of the molecule is CC(=O)SCC(C)(C)C(=O)[N-]c1c[n+](N2CCN(C)CC2)no1. The topological polar surface area (TPSA) is 84.6 Å². The van der Waals surface area contributed by atoms with Crippen molar-refractivity contribution in [3.8, 4) is 0 Å². The van der Waals surface area contributed by atoms with Gasteiger partial charge in [0.25, 0.3) is 6.20 Å². The Morgan fingerprint density at radius 3 is 2.65 bits per heavy atom. The van der Waals surface area contributed by atoms with Crippen molar-refractivity contribution >= 4 is 28.7 Å². The molecule has 1 aromatic heterocycles. The van der Waals surface area contributed by atoms with Crippen LogP contribution in [0, 0.1) is 5.41 Å². The Hall–Kier alpha value is -1.61. The lowest BCUT2D eigenvalue weighted by molar-refractivity contribution is -0.759. The van der Waals surface area contributed by atoms with Gasteiger partial charge in [0.15, 0.2) is 5.12 Å². The molecule has 8 nitrogen and oxygen atoms in total. The molecular weight excluding hydrogens is 318 g/mol. The second kappa shape index (κ2) is 7.31. The van der Waals surface area contributed by atoms with E-state index in [4.69, 9.17) is 4.52 Å². The van der Waals surface area contributed by atoms with Gasteiger partial charge in [-0.15, -0.1) is 0 Å². The summed E-state index contributed by atoms with van der Waals surface area (Å²) in [6, 6.07) is 0. The molecule has 1 aliphatic rings. The van der Waals surface area contributed by atoms with Crippen LogP contribution < -0.4 is 9.80 Å². The van der Waals surface area contributed by atoms with Gasteiger partial charge in [-0.05, 0) is 7.05 Å². The lowest BCUT2D eigenvalue weighted by Crippen LogP contribution is -2.64. The van der Waals surface area contributed by atoms with Gasteiger partial charge in [0.2, 0.25) is 5.27 Å². The Morgan fingerprint density at radius 2 is 2.04 bits per heavy atom. The second-order valence-corrected chi connectivity index (χ2v) is 7.45. The summed E-state index contributed by atoms with van der Waals surface area (Å²) in [4.78, 5) is 27.2. The zero-order valence-corrected chi connectivity index (χ0v) is 14.8. The molecule has 128 valence electrons. The van der Waals surface area contributed by atoms with E-state index in [1.165, 1.54) is 6.92 Å². The highest BCUT2D eigenvalue weighted by atomic mass is 32.2. The maximum absolute atomic E-state index is 12.3. The van der Waals surface area contributed by atoms with E-state index in [1.807, 2.05) is 5.01 Å². The van der Waals surface area contributed by atoms with Crippen LogP contribution in [0.5, 0.6) is 0 Å². The molecule has 2 rings (SSSR count). The number of thioether (sulfide) groups is 1. The molecule has 0 radical (unpaired) electrons. The van der Waals surface area contributed by atoms with Gasteiger partial charge < -0.3 is 19.5 Å². The number of piperazine rings is 1. The molecule has 9 heteroatoms. The van der Waals surface area contributed by atoms with Gasteiger partial charge in [-0.2, -0.15) is 5.01 Å². The zero-order chi connectivity index (χ0) is 17.0. The molecule has 1 fully saturated rings. The molecular formula is C14H23N5O3S. The average molecular weight is 341 g/mol. The fourth-order valence-corrected chi connectivity index (χ4v) is 2.70. The monoisotopic (exact) mass is 341 g/mol. The Bertz CT molecular complexity index is 567. The smallest absolute Gasteiger partial charge is 0.257 e. The van der Waals surface area contributed by atoms with Crippen LogP contribution in [0.3, 0.4) is 0 Å². The van der Waals surface area contributed by atoms with E-state index in [2.05, 4.69) is 22.5 Å². The van der Waals surface area contributed by atoms with Crippen molar-refractivity contribution in [2.45, 2.75) is 20.8 Å². The van der Waals surface area contributed by atoms with Crippen molar-refractivity contribution in [1.29, 1.82) is 0 Å². The highest BCUT2D eigenvalue weighted by Crippen LogP contribution is 2.29. The number of likely N-dealkylation sites (N-methyl/N-ethyl adjacent to an activating group) is 1. The molecule has 1 amide bonds. The highest BCUT2D eigenvalue weighted by Gasteiger charge is 2.25. The molecule has 0 bridgehead atoms. The first-order valence-electron chi connectivity index (χ1n) is 7.50. The summed E-state index contributed by atoms with van der Waals surface area (Å²) in [5.41, 5.74) is -0.734. The van der Waals surface area contributed by atoms with Crippen LogP contribution in [0.25, 0.3) is 5.32 Å². The maximum Gasteiger partial charge on any atom is 0.257 e. The standard InChI is InChI=1S/C14H23N5O3S/c1-11(20)23-10-14(2,3)13(21)15-12-9-19(16-22-12)18-7-5-17(4)6-8-18/h9H,5-8,10H2,1-4H3. The van der Waals surface area contributed by atoms with Gasteiger partial charge in [-0.25, -0.2) is 0 Å². The lowest BCUT2D eigenvalue weighted by Gasteiger charge is -2.29. The van der Waals surface area contributed by atoms with Crippen molar-refractivity contribution < 1.29 is 18.9 Å². The third-order valence-electron chi connectivity index (χ3n) is 3.64. The minimum absolute atomic E-state index is 0.0153. The Labute approximate surface area is 140 Å². The van der Waals surface area contributed by atoms with Crippen LogP contribution >= 0.6 is 11.8 Å². The number of hydrogen-bond donors (Lipinski definition) is 0. The summed E-state index contributed by atoms with van der Waals surface area (Å²) in [6.07, 6.45) is 1.61. The van der Waals surface area contributed by atoms with E-state index in [0.29, 0.717) is 5.75 Å². The number of carbonyl (C=O) groups is 2. The van der Waals surface area contributed by atoms with E-state index in [9.17, 15) is 9.59 Å². The quantitative estimate of drug-likeness (QED) is 0.728. The lowest BCUT2D eigenvalue weighted by atomic mass is 9.95. The zero-order valence-electron chi connectivity index (χ0n) is 14.0. The van der Waals surface area contributed by atoms with E-state index < -0.39 is 5.41 Å². The maximum atomic E-state index is 12.3. The van der Waals surface area contributed by atoms with E-state index in [0.717, 1.165) is 37.9 Å². The summed E-state index contributed by atoms with van der Waals surface area (Å²) < 4.78 is 5.13. The van der Waals surface area contributed by atoms with Gasteiger partial charge in [0, 0.05) is 31.2 Å². The number of aromatic nitrogens is 2. The van der Waals surface area contributed by atoms with Crippen molar-refractivity contribution in [2.75, 3.05) is 44.0 Å². The van der Waals surface area contributed by atoms with Crippen LogP contribution in [0.1, 0.15) is 20.8 Å². The summed E-state index contributed by atoms with van der Waals surface area (Å²) in [5, 5.41) is 9.92. The van der Waals surface area contributed by atoms with E-state index >= 15 is 0 Å². The molecule has 1 saturated heterocycles. The van der Waals surface area contributed by atoms with E-state index in [1.54, 1.807) is 24.8 Å². The Balaban J connectivity index is 1.93. The predicted octanol–water partition coefficient (Wildman–Crippen LogP) is 0.683. The Morgan fingerprint density at radius 1 is 1.39 bits per heavy atom. The first kappa shape index (κ1) is 17.7. The molecule has 1 aromatic rings. The van der Waals surface area contributed by atoms with Crippen LogP contribution in [0.15, 0.2) is 10.7 Å². The van der Waals surface area contributed by atoms with Gasteiger partial charge >= 0.3 is 0 Å². The number of carbonyl (C=O) groups excluding carboxylic acids is 2. The molecule has 0 atom stereocenters. The first-order valence-corrected chi connectivity index (χ1v) is 8.48. The summed E-state index contributed by atoms with van der Waals surface area (Å²) in [6.45, 7) is 8.57. The normalized spacial score (nSPS) is 16.4. The fraction of sp³-hybridized carbons (Fsp3) is 0.714. The Kier molecular flexibility index (Phi) is 5.64. The molecule has 0 unspecified atom stereocenters. The highest BCUT2D eigenvalue weighted by molar-refractivity contribution is 8.13. The van der Waals surface area contributed by atoms with Crippen molar-refractivity contribution in [1.82, 2.24) is 10.2 Å². The number of nitrogens with zero attached hydrogens (tertiary/aromatic N) is 5. The van der Waals surface area contributed by atoms with Crippen molar-refractivity contribution in [3.05, 3.63) is 11.5 Å². The van der Waals surface area contributed by atoms with Gasteiger partial charge in [0.05, 0.1) is 23.8 Å². The van der Waals surface area contributed by atoms with Crippen LogP contribution in [0.2, 0.25) is 0 Å². The first-order chi connectivity index (χ1) is 10.8.